The van der Waals surface area contributed by atoms with Crippen LogP contribution in [-0.2, 0) is 12.8 Å². The zero-order valence-electron chi connectivity index (χ0n) is 11.6. The average Bonchev–Trinajstić information content (AvgIpc) is 2.50. The summed E-state index contributed by atoms with van der Waals surface area (Å²) in [5.74, 6) is 7.01. The quantitative estimate of drug-likeness (QED) is 0.526. The van der Waals surface area contributed by atoms with Gasteiger partial charge < -0.3 is 10.7 Å². The minimum Gasteiger partial charge on any atom is -0.369 e. The molecule has 0 fully saturated rings. The van der Waals surface area contributed by atoms with Crippen LogP contribution < -0.4 is 16.6 Å². The van der Waals surface area contributed by atoms with Crippen molar-refractivity contribution in [3.63, 3.8) is 0 Å². The molecule has 0 atom stereocenters. The fourth-order valence-corrected chi connectivity index (χ4v) is 2.03. The number of rotatable bonds is 7. The molecule has 0 aliphatic rings. The van der Waals surface area contributed by atoms with Crippen LogP contribution in [0.3, 0.4) is 0 Å². The number of nitrogen functional groups attached to an aromatic ring is 1. The number of nitrogens with zero attached hydrogens (tertiary/aromatic N) is 3. The number of hydrazine groups is 1. The minimum atomic E-state index is 0.683. The Labute approximate surface area is 118 Å². The maximum atomic E-state index is 5.49. The first-order valence-electron chi connectivity index (χ1n) is 6.79. The van der Waals surface area contributed by atoms with Crippen LogP contribution in [0.1, 0.15) is 24.6 Å². The minimum absolute atomic E-state index is 0.683. The molecule has 2 rings (SSSR count). The van der Waals surface area contributed by atoms with Gasteiger partial charge in [0.1, 0.15) is 18.0 Å². The molecule has 0 unspecified atom stereocenters. The standard InChI is InChI=1S/C14H20N6/c1-2-5-12-13(18-10-19-14(12)20-15)17-9-7-11-6-3-4-8-16-11/h3-4,6,8,10H,2,5,7,9,15H2,1H3,(H2,17,18,19,20). The van der Waals surface area contributed by atoms with Gasteiger partial charge in [-0.05, 0) is 18.6 Å². The monoisotopic (exact) mass is 272 g/mol. The van der Waals surface area contributed by atoms with Crippen molar-refractivity contribution in [3.8, 4) is 0 Å². The van der Waals surface area contributed by atoms with E-state index in [-0.39, 0.29) is 0 Å². The molecule has 6 heteroatoms. The van der Waals surface area contributed by atoms with Gasteiger partial charge in [0.15, 0.2) is 0 Å². The molecule has 0 radical (unpaired) electrons. The molecule has 2 heterocycles. The van der Waals surface area contributed by atoms with Crippen LogP contribution in [0.4, 0.5) is 11.6 Å². The smallest absolute Gasteiger partial charge is 0.148 e. The van der Waals surface area contributed by atoms with Crippen molar-refractivity contribution in [2.75, 3.05) is 17.3 Å². The van der Waals surface area contributed by atoms with Crippen molar-refractivity contribution in [2.45, 2.75) is 26.2 Å². The molecule has 2 aromatic heterocycles. The summed E-state index contributed by atoms with van der Waals surface area (Å²) in [7, 11) is 0. The molecule has 0 spiro atoms. The van der Waals surface area contributed by atoms with Gasteiger partial charge in [-0.1, -0.05) is 19.4 Å². The van der Waals surface area contributed by atoms with Gasteiger partial charge in [-0.3, -0.25) is 4.98 Å². The van der Waals surface area contributed by atoms with Gasteiger partial charge in [0.05, 0.1) is 0 Å². The molecular formula is C14H20N6. The van der Waals surface area contributed by atoms with Gasteiger partial charge in [0.2, 0.25) is 0 Å². The highest BCUT2D eigenvalue weighted by Gasteiger charge is 2.09. The molecule has 0 aromatic carbocycles. The Morgan fingerprint density at radius 2 is 1.95 bits per heavy atom. The second kappa shape index (κ2) is 7.40. The molecule has 0 aliphatic carbocycles. The van der Waals surface area contributed by atoms with Crippen LogP contribution >= 0.6 is 0 Å². The van der Waals surface area contributed by atoms with Crippen LogP contribution in [0.2, 0.25) is 0 Å². The van der Waals surface area contributed by atoms with Crippen molar-refractivity contribution >= 4 is 11.6 Å². The SMILES string of the molecule is CCCc1c(NN)ncnc1NCCc1ccccn1. The Balaban J connectivity index is 2.01. The van der Waals surface area contributed by atoms with Crippen molar-refractivity contribution in [3.05, 3.63) is 42.0 Å². The largest absolute Gasteiger partial charge is 0.369 e. The van der Waals surface area contributed by atoms with E-state index >= 15 is 0 Å². The second-order valence-electron chi connectivity index (χ2n) is 4.44. The molecule has 4 N–H and O–H groups in total. The van der Waals surface area contributed by atoms with Crippen LogP contribution in [0.5, 0.6) is 0 Å². The Morgan fingerprint density at radius 1 is 1.10 bits per heavy atom. The molecule has 0 amide bonds. The Kier molecular flexibility index (Phi) is 5.25. The van der Waals surface area contributed by atoms with Gasteiger partial charge in [-0.2, -0.15) is 0 Å². The number of anilines is 2. The first kappa shape index (κ1) is 14.2. The van der Waals surface area contributed by atoms with Crippen LogP contribution in [0.25, 0.3) is 0 Å². The molecule has 106 valence electrons. The number of hydrogen-bond acceptors (Lipinski definition) is 6. The third-order valence-electron chi connectivity index (χ3n) is 2.98. The van der Waals surface area contributed by atoms with E-state index in [2.05, 4.69) is 32.6 Å². The summed E-state index contributed by atoms with van der Waals surface area (Å²) in [4.78, 5) is 12.7. The topological polar surface area (TPSA) is 88.8 Å². The molecule has 20 heavy (non-hydrogen) atoms. The summed E-state index contributed by atoms with van der Waals surface area (Å²) in [5.41, 5.74) is 4.71. The third kappa shape index (κ3) is 3.64. The lowest BCUT2D eigenvalue weighted by Crippen LogP contribution is -2.15. The predicted molar refractivity (Wildman–Crippen MR) is 80.3 cm³/mol. The van der Waals surface area contributed by atoms with Crippen molar-refractivity contribution < 1.29 is 0 Å². The number of aromatic nitrogens is 3. The van der Waals surface area contributed by atoms with Gasteiger partial charge in [-0.25, -0.2) is 15.8 Å². The summed E-state index contributed by atoms with van der Waals surface area (Å²) in [6, 6.07) is 5.92. The summed E-state index contributed by atoms with van der Waals surface area (Å²) < 4.78 is 0. The first-order chi connectivity index (χ1) is 9.85. The number of pyridine rings is 1. The summed E-state index contributed by atoms with van der Waals surface area (Å²) in [6.45, 7) is 2.89. The van der Waals surface area contributed by atoms with Crippen molar-refractivity contribution in [1.29, 1.82) is 0 Å². The van der Waals surface area contributed by atoms with E-state index in [1.165, 1.54) is 6.33 Å². The first-order valence-corrected chi connectivity index (χ1v) is 6.79. The Hall–Kier alpha value is -2.21. The van der Waals surface area contributed by atoms with E-state index in [0.717, 1.165) is 42.9 Å². The van der Waals surface area contributed by atoms with E-state index in [1.807, 2.05) is 18.2 Å². The lowest BCUT2D eigenvalue weighted by Gasteiger charge is -2.13. The molecule has 0 saturated carbocycles. The highest BCUT2D eigenvalue weighted by Crippen LogP contribution is 2.20. The molecule has 2 aromatic rings. The molecule has 6 nitrogen and oxygen atoms in total. The van der Waals surface area contributed by atoms with E-state index in [4.69, 9.17) is 5.84 Å². The van der Waals surface area contributed by atoms with E-state index in [9.17, 15) is 0 Å². The lowest BCUT2D eigenvalue weighted by molar-refractivity contribution is 0.888. The number of hydrogen-bond donors (Lipinski definition) is 3. The van der Waals surface area contributed by atoms with Gasteiger partial charge in [-0.15, -0.1) is 0 Å². The third-order valence-corrected chi connectivity index (χ3v) is 2.98. The maximum Gasteiger partial charge on any atom is 0.148 e. The zero-order chi connectivity index (χ0) is 14.2. The normalized spacial score (nSPS) is 10.3. The number of nitrogens with one attached hydrogen (secondary N) is 2. The number of nitrogens with two attached hydrogens (primary N) is 1. The highest BCUT2D eigenvalue weighted by atomic mass is 15.3. The van der Waals surface area contributed by atoms with Crippen molar-refractivity contribution in [2.24, 2.45) is 5.84 Å². The molecule has 0 saturated heterocycles. The molecule has 0 bridgehead atoms. The summed E-state index contributed by atoms with van der Waals surface area (Å²) in [6.07, 6.45) is 6.06. The highest BCUT2D eigenvalue weighted by molar-refractivity contribution is 5.56. The van der Waals surface area contributed by atoms with Crippen molar-refractivity contribution in [1.82, 2.24) is 15.0 Å². The maximum absolute atomic E-state index is 5.49. The Bertz CT molecular complexity index is 528. The summed E-state index contributed by atoms with van der Waals surface area (Å²) in [5, 5.41) is 3.33. The van der Waals surface area contributed by atoms with E-state index < -0.39 is 0 Å². The van der Waals surface area contributed by atoms with Gasteiger partial charge in [0.25, 0.3) is 0 Å². The molecule has 0 aliphatic heterocycles. The van der Waals surface area contributed by atoms with Crippen LogP contribution in [0.15, 0.2) is 30.7 Å². The average molecular weight is 272 g/mol. The van der Waals surface area contributed by atoms with E-state index in [0.29, 0.717) is 5.82 Å². The fourth-order valence-electron chi connectivity index (χ4n) is 2.03. The fraction of sp³-hybridized carbons (Fsp3) is 0.357. The predicted octanol–water partition coefficient (Wildman–Crippen LogP) is 1.76. The summed E-state index contributed by atoms with van der Waals surface area (Å²) >= 11 is 0. The van der Waals surface area contributed by atoms with Gasteiger partial charge >= 0.3 is 0 Å². The van der Waals surface area contributed by atoms with Crippen LogP contribution in [-0.4, -0.2) is 21.5 Å². The second-order valence-corrected chi connectivity index (χ2v) is 4.44. The zero-order valence-corrected chi connectivity index (χ0v) is 11.6. The molecular weight excluding hydrogens is 252 g/mol. The van der Waals surface area contributed by atoms with Gasteiger partial charge in [0, 0.05) is 30.4 Å². The van der Waals surface area contributed by atoms with E-state index in [1.54, 1.807) is 6.20 Å². The lowest BCUT2D eigenvalue weighted by atomic mass is 10.1. The Morgan fingerprint density at radius 3 is 2.65 bits per heavy atom. The van der Waals surface area contributed by atoms with Crippen LogP contribution in [0, 0.1) is 0 Å².